The number of nitrogens with zero attached hydrogens (tertiary/aromatic N) is 1. The quantitative estimate of drug-likeness (QED) is 0.341. The molecule has 92 valence electrons. The fourth-order valence-corrected chi connectivity index (χ4v) is 1.00. The summed E-state index contributed by atoms with van der Waals surface area (Å²) in [4.78, 5) is 20.9. The van der Waals surface area contributed by atoms with E-state index in [1.165, 1.54) is 24.3 Å². The molecule has 0 N–H and O–H groups in total. The zero-order chi connectivity index (χ0) is 12.8. The van der Waals surface area contributed by atoms with Crippen LogP contribution in [0.1, 0.15) is 26.0 Å². The third-order valence-corrected chi connectivity index (χ3v) is 2.07. The molecule has 6 heteroatoms. The molecule has 1 heterocycles. The van der Waals surface area contributed by atoms with Crippen molar-refractivity contribution in [3.63, 3.8) is 0 Å². The minimum absolute atomic E-state index is 0.155. The van der Waals surface area contributed by atoms with Crippen LogP contribution in [0.5, 0.6) is 0 Å². The number of hydrogen-bond acceptors (Lipinski definition) is 5. The van der Waals surface area contributed by atoms with E-state index in [0.29, 0.717) is 0 Å². The van der Waals surface area contributed by atoms with E-state index in [0.717, 1.165) is 6.42 Å². The molecular formula is C11H13NO5. The van der Waals surface area contributed by atoms with E-state index in [1.807, 2.05) is 6.92 Å². The molecule has 0 saturated heterocycles. The van der Waals surface area contributed by atoms with Crippen molar-refractivity contribution in [2.24, 2.45) is 0 Å². The Morgan fingerprint density at radius 2 is 2.35 bits per heavy atom. The van der Waals surface area contributed by atoms with Gasteiger partial charge in [0.05, 0.1) is 12.2 Å². The Morgan fingerprint density at radius 1 is 1.65 bits per heavy atom. The highest BCUT2D eigenvalue weighted by Crippen LogP contribution is 2.16. The smallest absolute Gasteiger partial charge is 0.433 e. The van der Waals surface area contributed by atoms with Crippen LogP contribution in [0, 0.1) is 10.1 Å². The lowest BCUT2D eigenvalue weighted by Crippen LogP contribution is -2.11. The van der Waals surface area contributed by atoms with Gasteiger partial charge in [-0.25, -0.2) is 4.79 Å². The second kappa shape index (κ2) is 5.83. The average molecular weight is 239 g/mol. The third-order valence-electron chi connectivity index (χ3n) is 2.07. The second-order valence-electron chi connectivity index (χ2n) is 3.42. The van der Waals surface area contributed by atoms with Crippen molar-refractivity contribution in [2.75, 3.05) is 0 Å². The molecule has 0 aliphatic carbocycles. The third kappa shape index (κ3) is 4.10. The molecule has 0 aromatic carbocycles. The highest BCUT2D eigenvalue weighted by molar-refractivity contribution is 5.86. The van der Waals surface area contributed by atoms with E-state index in [9.17, 15) is 14.9 Å². The van der Waals surface area contributed by atoms with Crippen molar-refractivity contribution in [3.8, 4) is 0 Å². The van der Waals surface area contributed by atoms with Gasteiger partial charge in [-0.2, -0.15) is 0 Å². The van der Waals surface area contributed by atoms with E-state index in [1.54, 1.807) is 6.92 Å². The molecule has 17 heavy (non-hydrogen) atoms. The maximum absolute atomic E-state index is 11.2. The number of rotatable bonds is 5. The Balaban J connectivity index is 2.58. The highest BCUT2D eigenvalue weighted by atomic mass is 16.6. The van der Waals surface area contributed by atoms with Gasteiger partial charge < -0.3 is 9.15 Å². The minimum atomic E-state index is -0.644. The van der Waals surface area contributed by atoms with E-state index < -0.39 is 10.9 Å². The fraction of sp³-hybridized carbons (Fsp3) is 0.364. The van der Waals surface area contributed by atoms with Crippen molar-refractivity contribution < 1.29 is 18.9 Å². The first-order valence-corrected chi connectivity index (χ1v) is 5.16. The number of nitro groups is 1. The molecule has 0 fully saturated rings. The van der Waals surface area contributed by atoms with Gasteiger partial charge in [0, 0.05) is 6.08 Å². The first-order valence-electron chi connectivity index (χ1n) is 5.16. The Morgan fingerprint density at radius 3 is 2.88 bits per heavy atom. The Kier molecular flexibility index (Phi) is 4.45. The van der Waals surface area contributed by atoms with Crippen LogP contribution in [0.3, 0.4) is 0 Å². The molecule has 1 rings (SSSR count). The molecule has 1 unspecified atom stereocenters. The summed E-state index contributed by atoms with van der Waals surface area (Å²) in [7, 11) is 0. The zero-order valence-corrected chi connectivity index (χ0v) is 9.58. The van der Waals surface area contributed by atoms with Crippen LogP contribution in [0.15, 0.2) is 22.6 Å². The summed E-state index contributed by atoms with van der Waals surface area (Å²) in [6, 6.07) is 2.63. The summed E-state index contributed by atoms with van der Waals surface area (Å²) in [5.74, 6) is -0.629. The topological polar surface area (TPSA) is 82.6 Å². The number of carbonyl (C=O) groups is 1. The molecule has 6 nitrogen and oxygen atoms in total. The average Bonchev–Trinajstić information content (AvgIpc) is 2.75. The molecule has 0 bridgehead atoms. The van der Waals surface area contributed by atoms with Crippen molar-refractivity contribution in [1.29, 1.82) is 0 Å². The number of carbonyl (C=O) groups excluding carboxylic acids is 1. The molecular weight excluding hydrogens is 226 g/mol. The molecule has 0 spiro atoms. The molecule has 1 aromatic heterocycles. The lowest BCUT2D eigenvalue weighted by Gasteiger charge is -2.07. The van der Waals surface area contributed by atoms with Crippen LogP contribution in [0.4, 0.5) is 5.88 Å². The monoisotopic (exact) mass is 239 g/mol. The van der Waals surface area contributed by atoms with Gasteiger partial charge in [-0.1, -0.05) is 6.92 Å². The van der Waals surface area contributed by atoms with E-state index in [2.05, 4.69) is 0 Å². The number of ether oxygens (including phenoxy) is 1. The predicted octanol–water partition coefficient (Wildman–Crippen LogP) is 2.54. The van der Waals surface area contributed by atoms with Crippen LogP contribution in [0.25, 0.3) is 6.08 Å². The van der Waals surface area contributed by atoms with Crippen LogP contribution in [-0.4, -0.2) is 17.0 Å². The van der Waals surface area contributed by atoms with Crippen molar-refractivity contribution in [2.45, 2.75) is 26.4 Å². The summed E-state index contributed by atoms with van der Waals surface area (Å²) in [5.41, 5.74) is 0. The first kappa shape index (κ1) is 13.0. The first-order chi connectivity index (χ1) is 8.02. The standard InChI is InChI=1S/C11H13NO5/c1-3-8(2)16-11(13)7-5-9-4-6-10(17-9)12(14)15/h4-8H,3H2,1-2H3. The molecule has 0 amide bonds. The second-order valence-corrected chi connectivity index (χ2v) is 3.42. The fourth-order valence-electron chi connectivity index (χ4n) is 1.00. The highest BCUT2D eigenvalue weighted by Gasteiger charge is 2.10. The van der Waals surface area contributed by atoms with E-state index in [-0.39, 0.29) is 17.7 Å². The van der Waals surface area contributed by atoms with Crippen LogP contribution < -0.4 is 0 Å². The normalized spacial score (nSPS) is 12.6. The molecule has 0 radical (unpaired) electrons. The zero-order valence-electron chi connectivity index (χ0n) is 9.58. The molecule has 0 aliphatic heterocycles. The van der Waals surface area contributed by atoms with Gasteiger partial charge in [-0.05, 0) is 25.5 Å². The van der Waals surface area contributed by atoms with Gasteiger partial charge in [0.2, 0.25) is 0 Å². The Labute approximate surface area is 98.0 Å². The predicted molar refractivity (Wildman–Crippen MR) is 60.2 cm³/mol. The molecule has 0 saturated carbocycles. The van der Waals surface area contributed by atoms with Gasteiger partial charge in [-0.3, -0.25) is 10.1 Å². The molecule has 0 aliphatic rings. The number of hydrogen-bond donors (Lipinski definition) is 0. The largest absolute Gasteiger partial charge is 0.460 e. The Hall–Kier alpha value is -2.11. The van der Waals surface area contributed by atoms with Crippen molar-refractivity contribution in [3.05, 3.63) is 34.1 Å². The van der Waals surface area contributed by atoms with E-state index >= 15 is 0 Å². The van der Waals surface area contributed by atoms with Crippen molar-refractivity contribution in [1.82, 2.24) is 0 Å². The molecule has 1 atom stereocenters. The minimum Gasteiger partial charge on any atom is -0.460 e. The lowest BCUT2D eigenvalue weighted by atomic mass is 10.3. The Bertz CT molecular complexity index is 435. The van der Waals surface area contributed by atoms with Gasteiger partial charge in [0.15, 0.2) is 0 Å². The summed E-state index contributed by atoms with van der Waals surface area (Å²) in [6.07, 6.45) is 3.08. The van der Waals surface area contributed by atoms with Gasteiger partial charge in [0.1, 0.15) is 10.7 Å². The van der Waals surface area contributed by atoms with Gasteiger partial charge in [0.25, 0.3) is 0 Å². The molecule has 1 aromatic rings. The van der Waals surface area contributed by atoms with Gasteiger partial charge >= 0.3 is 11.9 Å². The summed E-state index contributed by atoms with van der Waals surface area (Å²) < 4.78 is 9.81. The maximum Gasteiger partial charge on any atom is 0.433 e. The van der Waals surface area contributed by atoms with Crippen LogP contribution in [0.2, 0.25) is 0 Å². The number of furan rings is 1. The van der Waals surface area contributed by atoms with Crippen molar-refractivity contribution >= 4 is 17.9 Å². The summed E-state index contributed by atoms with van der Waals surface area (Å²) >= 11 is 0. The van der Waals surface area contributed by atoms with E-state index in [4.69, 9.17) is 9.15 Å². The van der Waals surface area contributed by atoms with Crippen LogP contribution >= 0.6 is 0 Å². The maximum atomic E-state index is 11.2. The summed E-state index contributed by atoms with van der Waals surface area (Å²) in [6.45, 7) is 3.68. The lowest BCUT2D eigenvalue weighted by molar-refractivity contribution is -0.402. The number of esters is 1. The van der Waals surface area contributed by atoms with Gasteiger partial charge in [-0.15, -0.1) is 0 Å². The SMILES string of the molecule is CCC(C)OC(=O)C=Cc1ccc([N+](=O)[O-])o1. The van der Waals surface area contributed by atoms with Crippen LogP contribution in [-0.2, 0) is 9.53 Å². The summed E-state index contributed by atoms with van der Waals surface area (Å²) in [5, 5.41) is 10.3.